The second kappa shape index (κ2) is 9.37. The van der Waals surface area contributed by atoms with Crippen LogP contribution in [0.2, 0.25) is 0 Å². The second-order valence-corrected chi connectivity index (χ2v) is 9.40. The monoisotopic (exact) mass is 518 g/mol. The summed E-state index contributed by atoms with van der Waals surface area (Å²) in [6.45, 7) is 7.15. The van der Waals surface area contributed by atoms with E-state index in [1.807, 2.05) is 6.92 Å². The number of methoxy groups -OCH3 is 1. The minimum Gasteiger partial charge on any atom is -0.481 e. The lowest BCUT2D eigenvalue weighted by molar-refractivity contribution is -0.139. The fraction of sp³-hybridized carbons (Fsp3) is 0.375. The molecule has 196 valence electrons. The van der Waals surface area contributed by atoms with Crippen LogP contribution in [0.3, 0.4) is 0 Å². The van der Waals surface area contributed by atoms with Gasteiger partial charge in [0.1, 0.15) is 28.5 Å². The normalized spacial score (nSPS) is 15.8. The molecule has 0 unspecified atom stereocenters. The summed E-state index contributed by atoms with van der Waals surface area (Å²) in [4.78, 5) is 35.1. The van der Waals surface area contributed by atoms with E-state index in [0.29, 0.717) is 11.1 Å². The molecule has 0 spiro atoms. The highest BCUT2D eigenvalue weighted by molar-refractivity contribution is 6.09. The van der Waals surface area contributed by atoms with Crippen LogP contribution in [0.25, 0.3) is 11.1 Å². The molecule has 4 heterocycles. The number of nitrogens with one attached hydrogen (secondary N) is 1. The molecule has 0 fully saturated rings. The minimum absolute atomic E-state index is 0.0158. The summed E-state index contributed by atoms with van der Waals surface area (Å²) in [7, 11) is 1.08. The molecule has 1 aliphatic rings. The largest absolute Gasteiger partial charge is 0.481 e. The molecule has 1 N–H and O–H groups in total. The number of alkyl halides is 3. The van der Waals surface area contributed by atoms with Crippen molar-refractivity contribution in [3.63, 3.8) is 0 Å². The first-order valence-corrected chi connectivity index (χ1v) is 11.3. The SMILES string of the molecule is COc1nc(N2C[C@H](C)n3ncc(-c4ccnc(NC(=O)OC(C)(C)C)c4)c3C2=O)ccc1C(F)(F)F. The number of aromatic nitrogens is 4. The third-order valence-electron chi connectivity index (χ3n) is 5.43. The van der Waals surface area contributed by atoms with Crippen molar-refractivity contribution in [3.05, 3.63) is 47.9 Å². The number of carbonyl (C=O) groups excluding carboxylic acids is 2. The van der Waals surface area contributed by atoms with E-state index in [0.717, 1.165) is 19.2 Å². The summed E-state index contributed by atoms with van der Waals surface area (Å²) >= 11 is 0. The Balaban J connectivity index is 1.68. The van der Waals surface area contributed by atoms with Crippen molar-refractivity contribution in [1.29, 1.82) is 0 Å². The number of halogens is 3. The Hall–Kier alpha value is -4.16. The molecule has 0 saturated heterocycles. The topological polar surface area (TPSA) is 111 Å². The smallest absolute Gasteiger partial charge is 0.421 e. The maximum atomic E-state index is 13.6. The van der Waals surface area contributed by atoms with E-state index in [2.05, 4.69) is 20.4 Å². The molecule has 0 radical (unpaired) electrons. The highest BCUT2D eigenvalue weighted by atomic mass is 19.4. The van der Waals surface area contributed by atoms with E-state index in [4.69, 9.17) is 9.47 Å². The van der Waals surface area contributed by atoms with E-state index in [9.17, 15) is 22.8 Å². The molecule has 0 saturated carbocycles. The number of hydrogen-bond acceptors (Lipinski definition) is 7. The number of amides is 2. The lowest BCUT2D eigenvalue weighted by atomic mass is 10.0. The number of rotatable bonds is 4. The number of ether oxygens (including phenoxy) is 2. The molecule has 10 nitrogen and oxygen atoms in total. The number of anilines is 2. The predicted octanol–water partition coefficient (Wildman–Crippen LogP) is 4.94. The molecule has 13 heteroatoms. The Labute approximate surface area is 210 Å². The Morgan fingerprint density at radius 3 is 2.57 bits per heavy atom. The van der Waals surface area contributed by atoms with Gasteiger partial charge in [-0.1, -0.05) is 0 Å². The summed E-state index contributed by atoms with van der Waals surface area (Å²) in [6.07, 6.45) is -2.37. The summed E-state index contributed by atoms with van der Waals surface area (Å²) in [5.74, 6) is -0.911. The van der Waals surface area contributed by atoms with E-state index in [1.165, 1.54) is 17.3 Å². The molecule has 3 aromatic heterocycles. The van der Waals surface area contributed by atoms with Crippen molar-refractivity contribution in [2.24, 2.45) is 0 Å². The minimum atomic E-state index is -4.66. The van der Waals surface area contributed by atoms with E-state index >= 15 is 0 Å². The lowest BCUT2D eigenvalue weighted by Crippen LogP contribution is -2.43. The van der Waals surface area contributed by atoms with Gasteiger partial charge in [-0.25, -0.2) is 9.78 Å². The van der Waals surface area contributed by atoms with Gasteiger partial charge in [-0.05, 0) is 57.5 Å². The van der Waals surface area contributed by atoms with Gasteiger partial charge in [0.2, 0.25) is 5.88 Å². The first-order valence-electron chi connectivity index (χ1n) is 11.3. The van der Waals surface area contributed by atoms with Gasteiger partial charge in [0.25, 0.3) is 5.91 Å². The molecule has 0 aliphatic carbocycles. The maximum absolute atomic E-state index is 13.6. The molecule has 3 aromatic rings. The second-order valence-electron chi connectivity index (χ2n) is 9.40. The van der Waals surface area contributed by atoms with Crippen molar-refractivity contribution in [2.75, 3.05) is 23.9 Å². The fourth-order valence-electron chi connectivity index (χ4n) is 3.90. The van der Waals surface area contributed by atoms with E-state index in [1.54, 1.807) is 37.6 Å². The van der Waals surface area contributed by atoms with Crippen LogP contribution in [0, 0.1) is 0 Å². The van der Waals surface area contributed by atoms with Crippen molar-refractivity contribution in [1.82, 2.24) is 19.7 Å². The van der Waals surface area contributed by atoms with Crippen LogP contribution in [0.5, 0.6) is 5.88 Å². The van der Waals surface area contributed by atoms with Gasteiger partial charge in [0.05, 0.1) is 19.3 Å². The van der Waals surface area contributed by atoms with Gasteiger partial charge in [0, 0.05) is 18.3 Å². The molecule has 1 atom stereocenters. The molecule has 2 amide bonds. The zero-order valence-corrected chi connectivity index (χ0v) is 20.8. The Morgan fingerprint density at radius 1 is 1.19 bits per heavy atom. The Morgan fingerprint density at radius 2 is 1.92 bits per heavy atom. The van der Waals surface area contributed by atoms with Crippen molar-refractivity contribution < 1.29 is 32.2 Å². The molecule has 37 heavy (non-hydrogen) atoms. The number of hydrogen-bond donors (Lipinski definition) is 1. The number of pyridine rings is 2. The highest BCUT2D eigenvalue weighted by Crippen LogP contribution is 2.38. The van der Waals surface area contributed by atoms with E-state index < -0.39 is 35.2 Å². The maximum Gasteiger partial charge on any atom is 0.421 e. The van der Waals surface area contributed by atoms with Crippen LogP contribution in [0.1, 0.15) is 49.8 Å². The lowest BCUT2D eigenvalue weighted by Gasteiger charge is -2.32. The zero-order valence-electron chi connectivity index (χ0n) is 20.8. The molecule has 4 rings (SSSR count). The van der Waals surface area contributed by atoms with E-state index in [-0.39, 0.29) is 29.9 Å². The van der Waals surface area contributed by atoms with Crippen molar-refractivity contribution >= 4 is 23.6 Å². The van der Waals surface area contributed by atoms with Crippen molar-refractivity contribution in [3.8, 4) is 17.0 Å². The molecular formula is C24H25F3N6O4. The average Bonchev–Trinajstić information content (AvgIpc) is 3.25. The van der Waals surface area contributed by atoms with Crippen LogP contribution in [-0.2, 0) is 10.9 Å². The summed E-state index contributed by atoms with van der Waals surface area (Å²) < 4.78 is 51.5. The van der Waals surface area contributed by atoms with Gasteiger partial charge < -0.3 is 9.47 Å². The Kier molecular flexibility index (Phi) is 6.57. The molecule has 1 aliphatic heterocycles. The summed E-state index contributed by atoms with van der Waals surface area (Å²) in [6, 6.07) is 4.88. The van der Waals surface area contributed by atoms with Gasteiger partial charge in [-0.15, -0.1) is 0 Å². The number of nitrogens with zero attached hydrogens (tertiary/aromatic N) is 5. The fourth-order valence-corrected chi connectivity index (χ4v) is 3.90. The first kappa shape index (κ1) is 25.9. The Bertz CT molecular complexity index is 1350. The predicted molar refractivity (Wildman–Crippen MR) is 127 cm³/mol. The van der Waals surface area contributed by atoms with Gasteiger partial charge >= 0.3 is 12.3 Å². The molecule has 0 aromatic carbocycles. The number of fused-ring (bicyclic) bond motifs is 1. The quantitative estimate of drug-likeness (QED) is 0.521. The van der Waals surface area contributed by atoms with Crippen LogP contribution in [-0.4, -0.2) is 51.0 Å². The summed E-state index contributed by atoms with van der Waals surface area (Å²) in [5, 5.41) is 6.91. The van der Waals surface area contributed by atoms with Gasteiger partial charge in [0.15, 0.2) is 0 Å². The van der Waals surface area contributed by atoms with Gasteiger partial charge in [-0.3, -0.25) is 19.7 Å². The van der Waals surface area contributed by atoms with Crippen molar-refractivity contribution in [2.45, 2.75) is 45.5 Å². The molecular weight excluding hydrogens is 493 g/mol. The molecule has 0 bridgehead atoms. The third-order valence-corrected chi connectivity index (χ3v) is 5.43. The number of carbonyl (C=O) groups is 2. The average molecular weight is 518 g/mol. The zero-order chi connectivity index (χ0) is 27.1. The van der Waals surface area contributed by atoms with Crippen LogP contribution >= 0.6 is 0 Å². The first-order chi connectivity index (χ1) is 17.3. The standard InChI is InChI=1S/C24H25F3N6O4/c1-13-12-32(18-7-6-16(24(25,26)27)20(31-18)36-5)21(34)19-15(11-29-33(13)19)14-8-9-28-17(10-14)30-22(35)37-23(2,3)4/h6-11,13H,12H2,1-5H3,(H,28,30,35)/t13-/m0/s1. The van der Waals surface area contributed by atoms with Crippen LogP contribution in [0.4, 0.5) is 29.6 Å². The van der Waals surface area contributed by atoms with Crippen LogP contribution in [0.15, 0.2) is 36.7 Å². The summed E-state index contributed by atoms with van der Waals surface area (Å²) in [5.41, 5.74) is -0.524. The third kappa shape index (κ3) is 5.34. The van der Waals surface area contributed by atoms with Crippen LogP contribution < -0.4 is 15.0 Å². The van der Waals surface area contributed by atoms with Gasteiger partial charge in [-0.2, -0.15) is 23.3 Å². The highest BCUT2D eigenvalue weighted by Gasteiger charge is 2.38.